The maximum atomic E-state index is 13.0. The van der Waals surface area contributed by atoms with Crippen LogP contribution in [0.3, 0.4) is 0 Å². The highest BCUT2D eigenvalue weighted by Gasteiger charge is 2.17. The maximum absolute atomic E-state index is 13.0. The summed E-state index contributed by atoms with van der Waals surface area (Å²) in [5.41, 5.74) is 5.00. The van der Waals surface area contributed by atoms with Gasteiger partial charge in [0, 0.05) is 34.3 Å². The van der Waals surface area contributed by atoms with Crippen LogP contribution in [0.2, 0.25) is 0 Å². The molecule has 1 N–H and O–H groups in total. The van der Waals surface area contributed by atoms with Crippen molar-refractivity contribution in [1.82, 2.24) is 9.97 Å². The number of aromatic amines is 1. The lowest BCUT2D eigenvalue weighted by atomic mass is 10.0. The molecule has 21 heavy (non-hydrogen) atoms. The van der Waals surface area contributed by atoms with Gasteiger partial charge in [0.2, 0.25) is 6.43 Å². The van der Waals surface area contributed by atoms with E-state index >= 15 is 0 Å². The first-order chi connectivity index (χ1) is 10.0. The monoisotopic (exact) mass is 286 g/mol. The van der Waals surface area contributed by atoms with E-state index < -0.39 is 6.43 Å². The van der Waals surface area contributed by atoms with Crippen LogP contribution in [0.5, 0.6) is 0 Å². The molecule has 2 nitrogen and oxygen atoms in total. The van der Waals surface area contributed by atoms with Gasteiger partial charge in [-0.15, -0.1) is 0 Å². The SMILES string of the molecule is Cc1cc(-c2[nH]c3ccccc3c2CC(F)F)cc(C)n1. The lowest BCUT2D eigenvalue weighted by molar-refractivity contribution is 0.149. The van der Waals surface area contributed by atoms with E-state index in [4.69, 9.17) is 0 Å². The number of fused-ring (bicyclic) bond motifs is 1. The van der Waals surface area contributed by atoms with E-state index in [9.17, 15) is 8.78 Å². The van der Waals surface area contributed by atoms with Gasteiger partial charge in [-0.05, 0) is 37.6 Å². The number of rotatable bonds is 3. The number of H-pyrrole nitrogens is 1. The van der Waals surface area contributed by atoms with Gasteiger partial charge >= 0.3 is 0 Å². The van der Waals surface area contributed by atoms with Crippen molar-refractivity contribution in [2.45, 2.75) is 26.7 Å². The Kier molecular flexibility index (Phi) is 3.45. The Hall–Kier alpha value is -2.23. The Labute approximate surface area is 121 Å². The zero-order valence-corrected chi connectivity index (χ0v) is 12.0. The van der Waals surface area contributed by atoms with Crippen LogP contribution in [0.25, 0.3) is 22.2 Å². The van der Waals surface area contributed by atoms with E-state index in [1.807, 2.05) is 50.2 Å². The molecule has 2 aromatic heterocycles. The van der Waals surface area contributed by atoms with Gasteiger partial charge in [0.15, 0.2) is 0 Å². The van der Waals surface area contributed by atoms with Crippen molar-refractivity contribution in [1.29, 1.82) is 0 Å². The van der Waals surface area contributed by atoms with Crippen molar-refractivity contribution in [3.8, 4) is 11.3 Å². The van der Waals surface area contributed by atoms with E-state index in [-0.39, 0.29) is 6.42 Å². The number of halogens is 2. The predicted molar refractivity (Wildman–Crippen MR) is 80.7 cm³/mol. The number of alkyl halides is 2. The number of hydrogen-bond acceptors (Lipinski definition) is 1. The number of aryl methyl sites for hydroxylation is 2. The van der Waals surface area contributed by atoms with Gasteiger partial charge in [0.1, 0.15) is 0 Å². The first kappa shape index (κ1) is 13.7. The third-order valence-corrected chi connectivity index (χ3v) is 3.54. The third-order valence-electron chi connectivity index (χ3n) is 3.54. The Morgan fingerprint density at radius 2 is 1.76 bits per heavy atom. The molecule has 0 unspecified atom stereocenters. The number of hydrogen-bond donors (Lipinski definition) is 1. The second-order valence-electron chi connectivity index (χ2n) is 5.26. The van der Waals surface area contributed by atoms with Crippen molar-refractivity contribution in [2.75, 3.05) is 0 Å². The molecule has 0 fully saturated rings. The van der Waals surface area contributed by atoms with Crippen molar-refractivity contribution in [3.05, 3.63) is 53.3 Å². The van der Waals surface area contributed by atoms with Crippen LogP contribution in [0.4, 0.5) is 8.78 Å². The number of nitrogens with one attached hydrogen (secondary N) is 1. The quantitative estimate of drug-likeness (QED) is 0.745. The highest BCUT2D eigenvalue weighted by atomic mass is 19.3. The molecule has 108 valence electrons. The second-order valence-corrected chi connectivity index (χ2v) is 5.26. The van der Waals surface area contributed by atoms with Crippen LogP contribution < -0.4 is 0 Å². The first-order valence-electron chi connectivity index (χ1n) is 6.88. The normalized spacial score (nSPS) is 11.5. The Morgan fingerprint density at radius 3 is 2.43 bits per heavy atom. The van der Waals surface area contributed by atoms with Gasteiger partial charge in [-0.3, -0.25) is 4.98 Å². The molecule has 0 bridgehead atoms. The lowest BCUT2D eigenvalue weighted by Crippen LogP contribution is -1.98. The fourth-order valence-electron chi connectivity index (χ4n) is 2.79. The number of aromatic nitrogens is 2. The van der Waals surface area contributed by atoms with Crippen LogP contribution >= 0.6 is 0 Å². The standard InChI is InChI=1S/C17H16F2N2/c1-10-7-12(8-11(2)20-10)17-14(9-16(18)19)13-5-3-4-6-15(13)21-17/h3-8,16,21H,9H2,1-2H3. The second kappa shape index (κ2) is 5.28. The molecule has 1 aromatic carbocycles. The summed E-state index contributed by atoms with van der Waals surface area (Å²) in [6.45, 7) is 3.82. The van der Waals surface area contributed by atoms with Crippen molar-refractivity contribution < 1.29 is 8.78 Å². The Morgan fingerprint density at radius 1 is 1.10 bits per heavy atom. The highest BCUT2D eigenvalue weighted by molar-refractivity contribution is 5.90. The lowest BCUT2D eigenvalue weighted by Gasteiger charge is -2.07. The van der Waals surface area contributed by atoms with Gasteiger partial charge in [-0.2, -0.15) is 0 Å². The Balaban J connectivity index is 2.25. The highest BCUT2D eigenvalue weighted by Crippen LogP contribution is 2.32. The van der Waals surface area contributed by atoms with Gasteiger partial charge < -0.3 is 4.98 Å². The molecule has 4 heteroatoms. The van der Waals surface area contributed by atoms with Gasteiger partial charge in [-0.1, -0.05) is 18.2 Å². The molecule has 0 saturated heterocycles. The molecule has 0 aliphatic heterocycles. The maximum Gasteiger partial charge on any atom is 0.242 e. The summed E-state index contributed by atoms with van der Waals surface area (Å²) in [7, 11) is 0. The van der Waals surface area contributed by atoms with Crippen LogP contribution in [-0.4, -0.2) is 16.4 Å². The number of benzene rings is 1. The zero-order chi connectivity index (χ0) is 15.0. The minimum absolute atomic E-state index is 0.250. The number of nitrogens with zero attached hydrogens (tertiary/aromatic N) is 1. The molecule has 0 saturated carbocycles. The number of para-hydroxylation sites is 1. The summed E-state index contributed by atoms with van der Waals surface area (Å²) in [5, 5.41) is 0.861. The molecule has 0 atom stereocenters. The summed E-state index contributed by atoms with van der Waals surface area (Å²) in [4.78, 5) is 7.62. The molecule has 0 aliphatic rings. The average molecular weight is 286 g/mol. The molecule has 0 radical (unpaired) electrons. The fraction of sp³-hybridized carbons (Fsp3) is 0.235. The van der Waals surface area contributed by atoms with E-state index in [1.54, 1.807) is 0 Å². The van der Waals surface area contributed by atoms with E-state index in [1.165, 1.54) is 0 Å². The van der Waals surface area contributed by atoms with E-state index in [2.05, 4.69) is 9.97 Å². The minimum Gasteiger partial charge on any atom is -0.354 e. The van der Waals surface area contributed by atoms with E-state index in [0.717, 1.165) is 33.5 Å². The summed E-state index contributed by atoms with van der Waals surface area (Å²) >= 11 is 0. The average Bonchev–Trinajstić information content (AvgIpc) is 2.76. The van der Waals surface area contributed by atoms with Crippen molar-refractivity contribution in [3.63, 3.8) is 0 Å². The van der Waals surface area contributed by atoms with Crippen LogP contribution in [0, 0.1) is 13.8 Å². The van der Waals surface area contributed by atoms with Gasteiger partial charge in [0.05, 0.1) is 5.69 Å². The molecule has 3 aromatic rings. The van der Waals surface area contributed by atoms with E-state index in [0.29, 0.717) is 5.56 Å². The number of pyridine rings is 1. The van der Waals surface area contributed by atoms with Crippen LogP contribution in [-0.2, 0) is 6.42 Å². The summed E-state index contributed by atoms with van der Waals surface area (Å²) in [6, 6.07) is 11.4. The molecular formula is C17H16F2N2. The van der Waals surface area contributed by atoms with Crippen LogP contribution in [0.15, 0.2) is 36.4 Å². The van der Waals surface area contributed by atoms with Crippen molar-refractivity contribution >= 4 is 10.9 Å². The molecule has 0 aliphatic carbocycles. The third kappa shape index (κ3) is 2.66. The fourth-order valence-corrected chi connectivity index (χ4v) is 2.79. The van der Waals surface area contributed by atoms with Gasteiger partial charge in [-0.25, -0.2) is 8.78 Å². The van der Waals surface area contributed by atoms with Gasteiger partial charge in [0.25, 0.3) is 0 Å². The summed E-state index contributed by atoms with van der Waals surface area (Å²) < 4.78 is 25.9. The molecule has 3 rings (SSSR count). The summed E-state index contributed by atoms with van der Waals surface area (Å²) in [5.74, 6) is 0. The largest absolute Gasteiger partial charge is 0.354 e. The first-order valence-corrected chi connectivity index (χ1v) is 6.88. The molecule has 0 amide bonds. The Bertz CT molecular complexity index is 770. The smallest absolute Gasteiger partial charge is 0.242 e. The van der Waals surface area contributed by atoms with Crippen molar-refractivity contribution in [2.24, 2.45) is 0 Å². The molecule has 0 spiro atoms. The molecule has 2 heterocycles. The summed E-state index contributed by atoms with van der Waals surface area (Å²) in [6.07, 6.45) is -2.62. The minimum atomic E-state index is -2.37. The van der Waals surface area contributed by atoms with Crippen LogP contribution in [0.1, 0.15) is 17.0 Å². The zero-order valence-electron chi connectivity index (χ0n) is 12.0. The predicted octanol–water partition coefficient (Wildman–Crippen LogP) is 4.65. The molecular weight excluding hydrogens is 270 g/mol. The topological polar surface area (TPSA) is 28.7 Å².